The normalized spacial score (nSPS) is 29.7. The molecule has 1 N–H and O–H groups in total. The Labute approximate surface area is 223 Å². The van der Waals surface area contributed by atoms with E-state index < -0.39 is 38.2 Å². The average Bonchev–Trinajstić information content (AvgIpc) is 3.41. The van der Waals surface area contributed by atoms with Gasteiger partial charge in [-0.1, -0.05) is 70.0 Å². The van der Waals surface area contributed by atoms with E-state index in [0.717, 1.165) is 17.3 Å². The van der Waals surface area contributed by atoms with E-state index in [1.807, 2.05) is 30.3 Å². The smallest absolute Gasteiger partial charge is 0.221 e. The summed E-state index contributed by atoms with van der Waals surface area (Å²) in [5, 5.41) is 11.4. The molecule has 6 nitrogen and oxygen atoms in total. The van der Waals surface area contributed by atoms with Crippen molar-refractivity contribution in [2.45, 2.75) is 35.2 Å². The molecule has 3 aromatic carbocycles. The molecule has 2 heterocycles. The molecule has 3 aliphatic rings. The highest BCUT2D eigenvalue weighted by Crippen LogP contribution is 2.67. The Morgan fingerprint density at radius 1 is 1.00 bits per heavy atom. The number of carbonyl (C=O) groups is 1. The first-order valence-corrected chi connectivity index (χ1v) is 14.4. The van der Waals surface area contributed by atoms with E-state index in [1.165, 1.54) is 16.4 Å². The number of carbonyl (C=O) groups excluding carboxylic acids is 1. The van der Waals surface area contributed by atoms with Crippen LogP contribution in [-0.2, 0) is 15.6 Å². The van der Waals surface area contributed by atoms with Gasteiger partial charge >= 0.3 is 0 Å². The first-order chi connectivity index (χ1) is 17.2. The molecule has 4 unspecified atom stereocenters. The van der Waals surface area contributed by atoms with Crippen molar-refractivity contribution in [1.82, 2.24) is 4.31 Å². The van der Waals surface area contributed by atoms with Crippen molar-refractivity contribution in [3.8, 4) is 5.75 Å². The van der Waals surface area contributed by atoms with E-state index in [1.54, 1.807) is 30.3 Å². The number of Topliss-reactive ketones (excluding diaryl/α,β-unsaturated/α-hetero) is 1. The third kappa shape index (κ3) is 3.15. The van der Waals surface area contributed by atoms with Crippen LogP contribution in [0.15, 0.2) is 77.3 Å². The van der Waals surface area contributed by atoms with Gasteiger partial charge in [0.2, 0.25) is 15.8 Å². The Kier molecular flexibility index (Phi) is 5.63. The second-order valence-corrected chi connectivity index (χ2v) is 12.9. The number of halogens is 2. The highest BCUT2D eigenvalue weighted by atomic mass is 79.9. The van der Waals surface area contributed by atoms with Crippen molar-refractivity contribution in [2.24, 2.45) is 0 Å². The molecule has 4 atom stereocenters. The second-order valence-electron chi connectivity index (χ2n) is 9.54. The fraction of sp³-hybridized carbons (Fsp3) is 0.296. The number of fused-ring (bicyclic) bond motifs is 2. The minimum Gasteiger partial charge on any atom is -0.477 e. The molecule has 0 radical (unpaired) electrons. The van der Waals surface area contributed by atoms with Gasteiger partial charge in [-0.2, -0.15) is 0 Å². The van der Waals surface area contributed by atoms with Crippen LogP contribution in [0.5, 0.6) is 5.75 Å². The molecule has 0 bridgehead atoms. The first kappa shape index (κ1) is 24.1. The highest BCUT2D eigenvalue weighted by molar-refractivity contribution is 9.10. The number of hydrogen-bond acceptors (Lipinski definition) is 5. The van der Waals surface area contributed by atoms with Crippen molar-refractivity contribution < 1.29 is 23.1 Å². The maximum Gasteiger partial charge on any atom is 0.221 e. The summed E-state index contributed by atoms with van der Waals surface area (Å²) in [6.45, 7) is 0.728. The lowest BCUT2D eigenvalue weighted by Crippen LogP contribution is -2.84. The number of hydrogen-bond donors (Lipinski definition) is 1. The fourth-order valence-corrected chi connectivity index (χ4v) is 9.03. The summed E-state index contributed by atoms with van der Waals surface area (Å²) >= 11 is 9.69. The maximum atomic E-state index is 14.1. The molecule has 1 aliphatic carbocycles. The van der Waals surface area contributed by atoms with Crippen LogP contribution in [0.4, 0.5) is 0 Å². The number of rotatable bonds is 4. The van der Waals surface area contributed by atoms with E-state index in [2.05, 4.69) is 15.9 Å². The van der Waals surface area contributed by atoms with Gasteiger partial charge in [0, 0.05) is 22.6 Å². The minimum absolute atomic E-state index is 0.114. The van der Waals surface area contributed by atoms with Crippen LogP contribution >= 0.6 is 27.5 Å². The molecular formula is C27H23BrClNO5S. The molecule has 186 valence electrons. The van der Waals surface area contributed by atoms with Crippen LogP contribution < -0.4 is 4.74 Å². The third-order valence-electron chi connectivity index (χ3n) is 7.70. The zero-order chi connectivity index (χ0) is 25.3. The van der Waals surface area contributed by atoms with Gasteiger partial charge in [0.25, 0.3) is 0 Å². The van der Waals surface area contributed by atoms with Crippen LogP contribution in [0.25, 0.3) is 0 Å². The third-order valence-corrected chi connectivity index (χ3v) is 10.8. The molecule has 9 heteroatoms. The van der Waals surface area contributed by atoms with E-state index in [-0.39, 0.29) is 11.3 Å². The number of nitrogens with zero attached hydrogens (tertiary/aromatic N) is 1. The molecule has 0 aromatic heterocycles. The molecule has 1 saturated heterocycles. The lowest BCUT2D eigenvalue weighted by Gasteiger charge is -2.65. The summed E-state index contributed by atoms with van der Waals surface area (Å²) in [5.41, 5.74) is -2.75. The standard InChI is InChI=1S/C27H23BrClNO5S/c28-19-10-8-18(9-11-19)27-23(17-6-2-1-3-7-17)25(36(33,34)30-14-4-5-15-30)26(27,32)24(31)21-13-12-20(29)16-22(21)35-27/h1-3,6-13,16,23,25,32H,4-5,14-15H2. The van der Waals surface area contributed by atoms with E-state index in [4.69, 9.17) is 16.3 Å². The predicted octanol–water partition coefficient (Wildman–Crippen LogP) is 4.90. The van der Waals surface area contributed by atoms with Crippen LogP contribution in [0.1, 0.15) is 40.2 Å². The Bertz CT molecular complexity index is 1460. The second kappa shape index (κ2) is 8.39. The van der Waals surface area contributed by atoms with Gasteiger partial charge in [0.15, 0.2) is 11.2 Å². The van der Waals surface area contributed by atoms with Gasteiger partial charge in [-0.15, -0.1) is 0 Å². The fourth-order valence-electron chi connectivity index (χ4n) is 6.11. The zero-order valence-corrected chi connectivity index (χ0v) is 22.3. The van der Waals surface area contributed by atoms with Crippen LogP contribution in [0.3, 0.4) is 0 Å². The first-order valence-electron chi connectivity index (χ1n) is 11.8. The number of ketones is 1. The Hall–Kier alpha value is -2.23. The summed E-state index contributed by atoms with van der Waals surface area (Å²) in [6, 6.07) is 20.8. The van der Waals surface area contributed by atoms with Crippen molar-refractivity contribution in [1.29, 1.82) is 0 Å². The summed E-state index contributed by atoms with van der Waals surface area (Å²) in [7, 11) is -4.08. The van der Waals surface area contributed by atoms with Gasteiger partial charge in [0.1, 0.15) is 11.0 Å². The van der Waals surface area contributed by atoms with Crippen molar-refractivity contribution in [2.75, 3.05) is 13.1 Å². The molecule has 6 rings (SSSR count). The predicted molar refractivity (Wildman–Crippen MR) is 140 cm³/mol. The Morgan fingerprint density at radius 3 is 2.33 bits per heavy atom. The number of benzene rings is 3. The van der Waals surface area contributed by atoms with Gasteiger partial charge < -0.3 is 9.84 Å². The highest BCUT2D eigenvalue weighted by Gasteiger charge is 2.83. The topological polar surface area (TPSA) is 83.9 Å². The lowest BCUT2D eigenvalue weighted by molar-refractivity contribution is -0.203. The van der Waals surface area contributed by atoms with Crippen molar-refractivity contribution >= 4 is 43.3 Å². The molecule has 36 heavy (non-hydrogen) atoms. The molecule has 2 aliphatic heterocycles. The summed E-state index contributed by atoms with van der Waals surface area (Å²) < 4.78 is 37.1. The van der Waals surface area contributed by atoms with Crippen molar-refractivity contribution in [3.63, 3.8) is 0 Å². The van der Waals surface area contributed by atoms with Gasteiger partial charge in [-0.3, -0.25) is 4.79 Å². The van der Waals surface area contributed by atoms with Crippen LogP contribution in [0, 0.1) is 0 Å². The average molecular weight is 589 g/mol. The molecule has 2 fully saturated rings. The van der Waals surface area contributed by atoms with E-state index in [9.17, 15) is 18.3 Å². The van der Waals surface area contributed by atoms with Crippen LogP contribution in [-0.4, -0.2) is 47.6 Å². The summed E-state index contributed by atoms with van der Waals surface area (Å²) in [5.74, 6) is -1.31. The minimum atomic E-state index is -4.08. The number of sulfonamides is 1. The molecule has 1 saturated carbocycles. The molecular weight excluding hydrogens is 566 g/mol. The summed E-state index contributed by atoms with van der Waals surface area (Å²) in [6.07, 6.45) is 1.48. The van der Waals surface area contributed by atoms with Gasteiger partial charge in [-0.05, 0) is 54.3 Å². The van der Waals surface area contributed by atoms with Crippen molar-refractivity contribution in [3.05, 3.63) is 99.0 Å². The zero-order valence-electron chi connectivity index (χ0n) is 19.1. The molecule has 0 spiro atoms. The monoisotopic (exact) mass is 587 g/mol. The van der Waals surface area contributed by atoms with E-state index >= 15 is 0 Å². The van der Waals surface area contributed by atoms with Gasteiger partial charge in [0.05, 0.1) is 11.5 Å². The maximum absolute atomic E-state index is 14.1. The Morgan fingerprint density at radius 2 is 1.67 bits per heavy atom. The quantitative estimate of drug-likeness (QED) is 0.469. The molecule has 3 aromatic rings. The number of aliphatic hydroxyl groups is 1. The molecule has 0 amide bonds. The van der Waals surface area contributed by atoms with E-state index in [0.29, 0.717) is 29.2 Å². The number of ether oxygens (including phenoxy) is 1. The van der Waals surface area contributed by atoms with Crippen LogP contribution in [0.2, 0.25) is 5.02 Å². The summed E-state index contributed by atoms with van der Waals surface area (Å²) in [4.78, 5) is 14.1. The lowest BCUT2D eigenvalue weighted by atomic mass is 9.49. The van der Waals surface area contributed by atoms with Gasteiger partial charge in [-0.25, -0.2) is 12.7 Å². The Balaban J connectivity index is 1.66. The largest absolute Gasteiger partial charge is 0.477 e. The SMILES string of the molecule is O=C1c2ccc(Cl)cc2OC2(c3ccc(Br)cc3)C(c3ccccc3)C(S(=O)(=O)N3CCCC3)C12O.